The summed E-state index contributed by atoms with van der Waals surface area (Å²) >= 11 is 0. The molecule has 2 atom stereocenters. The SMILES string of the molecule is CC(C)NCCc1ccccc1CN1CC2CCCC2C1. The first-order valence-corrected chi connectivity index (χ1v) is 8.75. The van der Waals surface area contributed by atoms with Crippen LogP contribution in [0.1, 0.15) is 44.2 Å². The largest absolute Gasteiger partial charge is 0.314 e. The number of hydrogen-bond donors (Lipinski definition) is 1. The van der Waals surface area contributed by atoms with E-state index in [1.165, 1.54) is 37.9 Å². The average molecular weight is 286 g/mol. The third-order valence-corrected chi connectivity index (χ3v) is 5.26. The number of hydrogen-bond acceptors (Lipinski definition) is 2. The summed E-state index contributed by atoms with van der Waals surface area (Å²) in [5.74, 6) is 2.00. The third kappa shape index (κ3) is 3.87. The lowest BCUT2D eigenvalue weighted by Crippen LogP contribution is -2.26. The molecule has 1 N–H and O–H groups in total. The van der Waals surface area contributed by atoms with E-state index in [4.69, 9.17) is 0 Å². The second-order valence-corrected chi connectivity index (χ2v) is 7.27. The Kier molecular flexibility index (Phi) is 4.97. The van der Waals surface area contributed by atoms with Gasteiger partial charge in [0.1, 0.15) is 0 Å². The van der Waals surface area contributed by atoms with Crippen LogP contribution in [0.4, 0.5) is 0 Å². The highest BCUT2D eigenvalue weighted by Crippen LogP contribution is 2.38. The van der Waals surface area contributed by atoms with Gasteiger partial charge in [-0.15, -0.1) is 0 Å². The van der Waals surface area contributed by atoms with Crippen LogP contribution in [0.15, 0.2) is 24.3 Å². The predicted octanol–water partition coefficient (Wildman–Crippen LogP) is 3.46. The molecule has 1 saturated heterocycles. The van der Waals surface area contributed by atoms with Gasteiger partial charge in [0.2, 0.25) is 0 Å². The summed E-state index contributed by atoms with van der Waals surface area (Å²) in [6, 6.07) is 9.61. The molecular weight excluding hydrogens is 256 g/mol. The lowest BCUT2D eigenvalue weighted by Gasteiger charge is -2.19. The average Bonchev–Trinajstić information content (AvgIpc) is 3.01. The van der Waals surface area contributed by atoms with Crippen LogP contribution in [0.25, 0.3) is 0 Å². The van der Waals surface area contributed by atoms with Crippen molar-refractivity contribution < 1.29 is 0 Å². The van der Waals surface area contributed by atoms with Gasteiger partial charge in [0.25, 0.3) is 0 Å². The summed E-state index contributed by atoms with van der Waals surface area (Å²) in [6.07, 6.45) is 5.57. The molecule has 21 heavy (non-hydrogen) atoms. The van der Waals surface area contributed by atoms with Gasteiger partial charge in [-0.25, -0.2) is 0 Å². The fourth-order valence-corrected chi connectivity index (χ4v) is 4.15. The van der Waals surface area contributed by atoms with E-state index in [0.717, 1.165) is 31.3 Å². The van der Waals surface area contributed by atoms with E-state index in [1.54, 1.807) is 5.56 Å². The number of nitrogens with zero attached hydrogens (tertiary/aromatic N) is 1. The van der Waals surface area contributed by atoms with Crippen molar-refractivity contribution >= 4 is 0 Å². The predicted molar refractivity (Wildman–Crippen MR) is 89.4 cm³/mol. The Labute approximate surface area is 129 Å². The van der Waals surface area contributed by atoms with E-state index in [0.29, 0.717) is 6.04 Å². The summed E-state index contributed by atoms with van der Waals surface area (Å²) in [5, 5.41) is 3.53. The van der Waals surface area contributed by atoms with Gasteiger partial charge in [0.15, 0.2) is 0 Å². The van der Waals surface area contributed by atoms with Crippen molar-refractivity contribution in [1.29, 1.82) is 0 Å². The van der Waals surface area contributed by atoms with Crippen LogP contribution in [-0.4, -0.2) is 30.6 Å². The van der Waals surface area contributed by atoms with Crippen LogP contribution in [0.2, 0.25) is 0 Å². The molecule has 1 heterocycles. The smallest absolute Gasteiger partial charge is 0.0236 e. The Bertz CT molecular complexity index is 443. The summed E-state index contributed by atoms with van der Waals surface area (Å²) in [5.41, 5.74) is 3.07. The number of likely N-dealkylation sites (tertiary alicyclic amines) is 1. The third-order valence-electron chi connectivity index (χ3n) is 5.26. The summed E-state index contributed by atoms with van der Waals surface area (Å²) in [7, 11) is 0. The van der Waals surface area contributed by atoms with Gasteiger partial charge in [-0.2, -0.15) is 0 Å². The topological polar surface area (TPSA) is 15.3 Å². The molecule has 0 spiro atoms. The Morgan fingerprint density at radius 3 is 2.43 bits per heavy atom. The monoisotopic (exact) mass is 286 g/mol. The molecular formula is C19H30N2. The molecule has 2 heteroatoms. The summed E-state index contributed by atoms with van der Waals surface area (Å²) < 4.78 is 0. The molecule has 1 saturated carbocycles. The molecule has 0 amide bonds. The lowest BCUT2D eigenvalue weighted by molar-refractivity contribution is 0.302. The molecule has 1 aromatic carbocycles. The molecule has 1 aromatic rings. The summed E-state index contributed by atoms with van der Waals surface area (Å²) in [4.78, 5) is 2.70. The van der Waals surface area contributed by atoms with Gasteiger partial charge < -0.3 is 5.32 Å². The van der Waals surface area contributed by atoms with Crippen LogP contribution < -0.4 is 5.32 Å². The molecule has 3 rings (SSSR count). The Morgan fingerprint density at radius 2 is 1.76 bits per heavy atom. The number of fused-ring (bicyclic) bond motifs is 1. The molecule has 1 aliphatic heterocycles. The number of rotatable bonds is 6. The van der Waals surface area contributed by atoms with E-state index < -0.39 is 0 Å². The van der Waals surface area contributed by atoms with Crippen molar-refractivity contribution in [3.8, 4) is 0 Å². The molecule has 0 bridgehead atoms. The van der Waals surface area contributed by atoms with Crippen LogP contribution in [0.5, 0.6) is 0 Å². The fraction of sp³-hybridized carbons (Fsp3) is 0.684. The zero-order valence-corrected chi connectivity index (χ0v) is 13.6. The van der Waals surface area contributed by atoms with Crippen LogP contribution in [-0.2, 0) is 13.0 Å². The number of nitrogens with one attached hydrogen (secondary N) is 1. The molecule has 2 fully saturated rings. The van der Waals surface area contributed by atoms with E-state index in [-0.39, 0.29) is 0 Å². The Hall–Kier alpha value is -0.860. The van der Waals surface area contributed by atoms with Crippen LogP contribution in [0.3, 0.4) is 0 Å². The van der Waals surface area contributed by atoms with Crippen LogP contribution >= 0.6 is 0 Å². The number of benzene rings is 1. The van der Waals surface area contributed by atoms with Gasteiger partial charge in [0, 0.05) is 25.7 Å². The first-order valence-electron chi connectivity index (χ1n) is 8.75. The highest BCUT2D eigenvalue weighted by Gasteiger charge is 2.35. The van der Waals surface area contributed by atoms with Crippen molar-refractivity contribution in [2.24, 2.45) is 11.8 Å². The van der Waals surface area contributed by atoms with Gasteiger partial charge in [-0.05, 0) is 48.8 Å². The van der Waals surface area contributed by atoms with Crippen LogP contribution in [0, 0.1) is 11.8 Å². The minimum Gasteiger partial charge on any atom is -0.314 e. The first kappa shape index (κ1) is 15.1. The van der Waals surface area contributed by atoms with Gasteiger partial charge in [-0.3, -0.25) is 4.90 Å². The highest BCUT2D eigenvalue weighted by molar-refractivity contribution is 5.27. The first-order chi connectivity index (χ1) is 10.2. The van der Waals surface area contributed by atoms with Gasteiger partial charge in [0.05, 0.1) is 0 Å². The lowest BCUT2D eigenvalue weighted by atomic mass is 10.0. The Morgan fingerprint density at radius 1 is 1.10 bits per heavy atom. The standard InChI is InChI=1S/C19H30N2/c1-15(2)20-11-10-16-6-3-4-7-17(16)12-21-13-18-8-5-9-19(18)14-21/h3-4,6-7,15,18-20H,5,8-14H2,1-2H3. The maximum Gasteiger partial charge on any atom is 0.0236 e. The quantitative estimate of drug-likeness (QED) is 0.861. The van der Waals surface area contributed by atoms with Gasteiger partial charge >= 0.3 is 0 Å². The maximum absolute atomic E-state index is 3.53. The van der Waals surface area contributed by atoms with E-state index in [1.807, 2.05) is 0 Å². The van der Waals surface area contributed by atoms with E-state index >= 15 is 0 Å². The second kappa shape index (κ2) is 6.93. The normalized spacial score (nSPS) is 25.7. The van der Waals surface area contributed by atoms with Crippen molar-refractivity contribution in [3.63, 3.8) is 0 Å². The minimum absolute atomic E-state index is 0.579. The molecule has 2 nitrogen and oxygen atoms in total. The molecule has 0 radical (unpaired) electrons. The maximum atomic E-state index is 3.53. The molecule has 2 unspecified atom stereocenters. The zero-order valence-electron chi connectivity index (χ0n) is 13.6. The zero-order chi connectivity index (χ0) is 14.7. The Balaban J connectivity index is 1.57. The van der Waals surface area contributed by atoms with E-state index in [9.17, 15) is 0 Å². The van der Waals surface area contributed by atoms with Crippen molar-refractivity contribution in [2.45, 2.75) is 52.1 Å². The van der Waals surface area contributed by atoms with Crippen molar-refractivity contribution in [1.82, 2.24) is 10.2 Å². The molecule has 0 aromatic heterocycles. The minimum atomic E-state index is 0.579. The van der Waals surface area contributed by atoms with Crippen molar-refractivity contribution in [3.05, 3.63) is 35.4 Å². The van der Waals surface area contributed by atoms with Gasteiger partial charge in [-0.1, -0.05) is 44.5 Å². The molecule has 2 aliphatic rings. The highest BCUT2D eigenvalue weighted by atomic mass is 15.2. The van der Waals surface area contributed by atoms with Crippen molar-refractivity contribution in [2.75, 3.05) is 19.6 Å². The second-order valence-electron chi connectivity index (χ2n) is 7.27. The fourth-order valence-electron chi connectivity index (χ4n) is 4.15. The van der Waals surface area contributed by atoms with E-state index in [2.05, 4.69) is 48.3 Å². The summed E-state index contributed by atoms with van der Waals surface area (Å²) in [6.45, 7) is 9.35. The molecule has 1 aliphatic carbocycles. The molecule has 116 valence electrons.